The predicted octanol–water partition coefficient (Wildman–Crippen LogP) is 4.26. The van der Waals surface area contributed by atoms with Gasteiger partial charge in [0.2, 0.25) is 5.95 Å². The number of rotatable bonds is 2. The minimum Gasteiger partial charge on any atom is -0.336 e. The number of fused-ring (bicyclic) bond motifs is 2. The van der Waals surface area contributed by atoms with Crippen LogP contribution < -0.4 is 4.90 Å². The number of hydrogen-bond donors (Lipinski definition) is 0. The zero-order chi connectivity index (χ0) is 19.1. The van der Waals surface area contributed by atoms with Gasteiger partial charge in [-0.3, -0.25) is 4.79 Å². The Hall–Kier alpha value is -3.01. The van der Waals surface area contributed by atoms with Crippen molar-refractivity contribution in [3.8, 4) is 0 Å². The summed E-state index contributed by atoms with van der Waals surface area (Å²) in [4.78, 5) is 24.3. The summed E-state index contributed by atoms with van der Waals surface area (Å²) in [5.74, 6) is 1.10. The third-order valence-corrected chi connectivity index (χ3v) is 5.99. The fraction of sp³-hybridized carbons (Fsp3) is 0.292. The number of aromatic nitrogens is 2. The third-order valence-electron chi connectivity index (χ3n) is 5.99. The highest BCUT2D eigenvalue weighted by Gasteiger charge is 2.29. The van der Waals surface area contributed by atoms with Crippen molar-refractivity contribution in [2.24, 2.45) is 0 Å². The molecule has 2 aliphatic rings. The van der Waals surface area contributed by atoms with Gasteiger partial charge in [0, 0.05) is 25.7 Å². The Labute approximate surface area is 165 Å². The first-order valence-electron chi connectivity index (χ1n) is 9.95. The number of carbonyl (C=O) groups excluding carboxylic acids is 1. The maximum atomic E-state index is 12.7. The predicted molar refractivity (Wildman–Crippen MR) is 110 cm³/mol. The van der Waals surface area contributed by atoms with Gasteiger partial charge < -0.3 is 4.90 Å². The van der Waals surface area contributed by atoms with Gasteiger partial charge in [-0.1, -0.05) is 54.1 Å². The second-order valence-electron chi connectivity index (χ2n) is 7.91. The molecule has 2 aromatic carbocycles. The molecule has 28 heavy (non-hydrogen) atoms. The van der Waals surface area contributed by atoms with Gasteiger partial charge in [0.1, 0.15) is 0 Å². The van der Waals surface area contributed by atoms with Crippen molar-refractivity contribution in [2.75, 3.05) is 11.4 Å². The smallest absolute Gasteiger partial charge is 0.225 e. The van der Waals surface area contributed by atoms with Crippen molar-refractivity contribution in [1.82, 2.24) is 9.97 Å². The molecule has 4 nitrogen and oxygen atoms in total. The maximum absolute atomic E-state index is 12.7. The lowest BCUT2D eigenvalue weighted by atomic mass is 9.82. The van der Waals surface area contributed by atoms with E-state index in [1.54, 1.807) is 6.20 Å². The average molecular weight is 369 g/mol. The molecule has 1 aliphatic carbocycles. The highest BCUT2D eigenvalue weighted by molar-refractivity contribution is 5.98. The number of carbonyl (C=O) groups is 1. The Morgan fingerprint density at radius 1 is 1.00 bits per heavy atom. The molecular weight excluding hydrogens is 346 g/mol. The number of nitrogens with zero attached hydrogens (tertiary/aromatic N) is 3. The molecule has 2 heterocycles. The molecule has 0 spiro atoms. The highest BCUT2D eigenvalue weighted by Crippen LogP contribution is 2.33. The fourth-order valence-electron chi connectivity index (χ4n) is 4.33. The summed E-state index contributed by atoms with van der Waals surface area (Å²) in [6, 6.07) is 17.1. The Kier molecular flexibility index (Phi) is 4.19. The molecule has 0 unspecified atom stereocenters. The summed E-state index contributed by atoms with van der Waals surface area (Å²) < 4.78 is 0. The van der Waals surface area contributed by atoms with E-state index in [1.807, 2.05) is 0 Å². The molecule has 1 aromatic heterocycles. The zero-order valence-corrected chi connectivity index (χ0v) is 16.1. The SMILES string of the molecule is Cc1ccc([C@@H]2CC(=O)c3cnc(N4CCc5ccccc5C4)nc3C2)cc1. The Bertz CT molecular complexity index is 1040. The molecule has 3 aromatic rings. The number of Topliss-reactive ketones (excluding diaryl/α,β-unsaturated/α-hetero) is 1. The second-order valence-corrected chi connectivity index (χ2v) is 7.91. The van der Waals surface area contributed by atoms with Crippen molar-refractivity contribution in [2.45, 2.75) is 38.6 Å². The van der Waals surface area contributed by atoms with Crippen LogP contribution in [0.15, 0.2) is 54.7 Å². The van der Waals surface area contributed by atoms with E-state index in [9.17, 15) is 4.79 Å². The van der Waals surface area contributed by atoms with Gasteiger partial charge in [-0.2, -0.15) is 0 Å². The van der Waals surface area contributed by atoms with Crippen molar-refractivity contribution in [3.63, 3.8) is 0 Å². The number of aryl methyl sites for hydroxylation is 1. The molecule has 0 bridgehead atoms. The van der Waals surface area contributed by atoms with E-state index in [-0.39, 0.29) is 11.7 Å². The lowest BCUT2D eigenvalue weighted by Crippen LogP contribution is -2.32. The van der Waals surface area contributed by atoms with Crippen LogP contribution in [0.1, 0.15) is 50.6 Å². The summed E-state index contributed by atoms with van der Waals surface area (Å²) in [6.07, 6.45) is 4.08. The molecule has 1 atom stereocenters. The van der Waals surface area contributed by atoms with E-state index in [1.165, 1.54) is 22.3 Å². The second kappa shape index (κ2) is 6.86. The Morgan fingerprint density at radius 2 is 1.79 bits per heavy atom. The highest BCUT2D eigenvalue weighted by atomic mass is 16.1. The molecule has 0 N–H and O–H groups in total. The molecular formula is C24H23N3O. The summed E-state index contributed by atoms with van der Waals surface area (Å²) in [7, 11) is 0. The summed E-state index contributed by atoms with van der Waals surface area (Å²) >= 11 is 0. The number of anilines is 1. The lowest BCUT2D eigenvalue weighted by molar-refractivity contribution is 0.0962. The van der Waals surface area contributed by atoms with Crippen LogP contribution in [0.4, 0.5) is 5.95 Å². The molecule has 4 heteroatoms. The van der Waals surface area contributed by atoms with Gasteiger partial charge in [0.25, 0.3) is 0 Å². The van der Waals surface area contributed by atoms with Crippen LogP contribution >= 0.6 is 0 Å². The molecule has 0 saturated heterocycles. The average Bonchev–Trinajstić information content (AvgIpc) is 2.73. The van der Waals surface area contributed by atoms with E-state index in [0.717, 1.165) is 37.6 Å². The molecule has 0 saturated carbocycles. The van der Waals surface area contributed by atoms with Crippen LogP contribution in [0, 0.1) is 6.92 Å². The largest absolute Gasteiger partial charge is 0.336 e. The van der Waals surface area contributed by atoms with Gasteiger partial charge >= 0.3 is 0 Å². The first-order valence-corrected chi connectivity index (χ1v) is 9.95. The minimum absolute atomic E-state index is 0.155. The Balaban J connectivity index is 1.43. The monoisotopic (exact) mass is 369 g/mol. The van der Waals surface area contributed by atoms with Gasteiger partial charge in [0.05, 0.1) is 11.3 Å². The number of benzene rings is 2. The maximum Gasteiger partial charge on any atom is 0.225 e. The molecule has 0 fully saturated rings. The van der Waals surface area contributed by atoms with Crippen LogP contribution in [0.25, 0.3) is 0 Å². The number of hydrogen-bond acceptors (Lipinski definition) is 4. The van der Waals surface area contributed by atoms with Crippen LogP contribution in [0.3, 0.4) is 0 Å². The Morgan fingerprint density at radius 3 is 2.61 bits per heavy atom. The van der Waals surface area contributed by atoms with Crippen molar-refractivity contribution >= 4 is 11.7 Å². The van der Waals surface area contributed by atoms with Crippen LogP contribution in [-0.2, 0) is 19.4 Å². The summed E-state index contributed by atoms with van der Waals surface area (Å²) in [6.45, 7) is 3.82. The van der Waals surface area contributed by atoms with Gasteiger partial charge in [-0.05, 0) is 42.4 Å². The van der Waals surface area contributed by atoms with Crippen LogP contribution in [-0.4, -0.2) is 22.3 Å². The van der Waals surface area contributed by atoms with Crippen LogP contribution in [0.2, 0.25) is 0 Å². The zero-order valence-electron chi connectivity index (χ0n) is 16.1. The van der Waals surface area contributed by atoms with E-state index >= 15 is 0 Å². The lowest BCUT2D eigenvalue weighted by Gasteiger charge is -2.30. The van der Waals surface area contributed by atoms with Crippen LogP contribution in [0.5, 0.6) is 0 Å². The van der Waals surface area contributed by atoms with E-state index in [2.05, 4.69) is 65.3 Å². The normalized spacial score (nSPS) is 18.5. The first kappa shape index (κ1) is 17.1. The molecule has 0 amide bonds. The molecule has 0 radical (unpaired) electrons. The third kappa shape index (κ3) is 3.09. The summed E-state index contributed by atoms with van der Waals surface area (Å²) in [5.41, 5.74) is 6.79. The standard InChI is InChI=1S/C24H23N3O/c1-16-6-8-18(9-7-16)20-12-22-21(23(28)13-20)14-25-24(26-22)27-11-10-17-4-2-3-5-19(17)15-27/h2-9,14,20H,10-13,15H2,1H3/t20-/m0/s1. The van der Waals surface area contributed by atoms with Gasteiger partial charge in [0.15, 0.2) is 5.78 Å². The van der Waals surface area contributed by atoms with Gasteiger partial charge in [-0.15, -0.1) is 0 Å². The van der Waals surface area contributed by atoms with E-state index in [4.69, 9.17) is 4.98 Å². The van der Waals surface area contributed by atoms with E-state index < -0.39 is 0 Å². The quantitative estimate of drug-likeness (QED) is 0.677. The summed E-state index contributed by atoms with van der Waals surface area (Å²) in [5, 5.41) is 0. The topological polar surface area (TPSA) is 46.1 Å². The van der Waals surface area contributed by atoms with Crippen molar-refractivity contribution in [1.29, 1.82) is 0 Å². The molecule has 140 valence electrons. The minimum atomic E-state index is 0.155. The first-order chi connectivity index (χ1) is 13.7. The van der Waals surface area contributed by atoms with E-state index in [0.29, 0.717) is 12.0 Å². The van der Waals surface area contributed by atoms with Crippen molar-refractivity contribution in [3.05, 3.63) is 88.2 Å². The molecule has 5 rings (SSSR count). The molecule has 1 aliphatic heterocycles. The van der Waals surface area contributed by atoms with Gasteiger partial charge in [-0.25, -0.2) is 9.97 Å². The fourth-order valence-corrected chi connectivity index (χ4v) is 4.33. The van der Waals surface area contributed by atoms with Crippen molar-refractivity contribution < 1.29 is 4.79 Å². The number of ketones is 1.